The Labute approximate surface area is 174 Å². The SMILES string of the molecule is CNCCNc1nn(C)c2cc(-c3cc(F)ccc3OCC(F)(F)C(F)(F)F)ccc12. The fraction of sp³-hybridized carbons (Fsp3) is 0.350. The van der Waals surface area contributed by atoms with Crippen molar-refractivity contribution in [3.63, 3.8) is 0 Å². The van der Waals surface area contributed by atoms with Crippen molar-refractivity contribution in [3.8, 4) is 16.9 Å². The van der Waals surface area contributed by atoms with E-state index >= 15 is 0 Å². The Hall–Kier alpha value is -2.95. The molecule has 0 saturated heterocycles. The Morgan fingerprint density at radius 2 is 1.77 bits per heavy atom. The summed E-state index contributed by atoms with van der Waals surface area (Å²) in [5.74, 6) is -5.40. The van der Waals surface area contributed by atoms with Crippen LogP contribution < -0.4 is 15.4 Å². The molecule has 1 heterocycles. The highest BCUT2D eigenvalue weighted by atomic mass is 19.4. The van der Waals surface area contributed by atoms with Crippen LogP contribution in [0, 0.1) is 5.82 Å². The zero-order valence-corrected chi connectivity index (χ0v) is 16.7. The molecular formula is C20H20F6N4O. The van der Waals surface area contributed by atoms with Crippen molar-refractivity contribution >= 4 is 16.7 Å². The second kappa shape index (κ2) is 8.66. The van der Waals surface area contributed by atoms with E-state index in [9.17, 15) is 26.3 Å². The van der Waals surface area contributed by atoms with Gasteiger partial charge in [-0.3, -0.25) is 4.68 Å². The zero-order valence-electron chi connectivity index (χ0n) is 16.7. The molecule has 0 aliphatic carbocycles. The molecule has 0 aliphatic heterocycles. The first kappa shape index (κ1) is 22.7. The molecule has 0 aliphatic rings. The van der Waals surface area contributed by atoms with Gasteiger partial charge >= 0.3 is 12.1 Å². The predicted octanol–water partition coefficient (Wildman–Crippen LogP) is 4.59. The van der Waals surface area contributed by atoms with Gasteiger partial charge in [-0.1, -0.05) is 6.07 Å². The third-order valence-electron chi connectivity index (χ3n) is 4.60. The quantitative estimate of drug-likeness (QED) is 0.393. The number of halogens is 6. The van der Waals surface area contributed by atoms with Crippen LogP contribution >= 0.6 is 0 Å². The molecule has 2 aromatic carbocycles. The second-order valence-corrected chi connectivity index (χ2v) is 6.87. The molecule has 2 N–H and O–H groups in total. The van der Waals surface area contributed by atoms with Crippen LogP contribution in [0.15, 0.2) is 36.4 Å². The molecule has 0 amide bonds. The van der Waals surface area contributed by atoms with Gasteiger partial charge in [-0.05, 0) is 42.9 Å². The number of nitrogens with zero attached hydrogens (tertiary/aromatic N) is 2. The average Bonchev–Trinajstić information content (AvgIpc) is 3.01. The number of ether oxygens (including phenoxy) is 1. The summed E-state index contributed by atoms with van der Waals surface area (Å²) in [5, 5.41) is 11.3. The summed E-state index contributed by atoms with van der Waals surface area (Å²) >= 11 is 0. The van der Waals surface area contributed by atoms with E-state index in [1.807, 2.05) is 7.05 Å². The molecule has 0 spiro atoms. The van der Waals surface area contributed by atoms with Gasteiger partial charge in [0.15, 0.2) is 12.4 Å². The number of anilines is 1. The van der Waals surface area contributed by atoms with Gasteiger partial charge in [-0.25, -0.2) is 4.39 Å². The molecule has 168 valence electrons. The molecule has 0 fully saturated rings. The smallest absolute Gasteiger partial charge is 0.456 e. The molecule has 3 aromatic rings. The minimum atomic E-state index is -5.75. The standard InChI is InChI=1S/C20H20F6N4O/c1-27-7-8-28-18-14-5-3-12(9-16(14)30(2)29-18)15-10-13(21)4-6-17(15)31-11-19(22,23)20(24,25)26/h3-6,9-10,27H,7-8,11H2,1-2H3,(H,28,29). The summed E-state index contributed by atoms with van der Waals surface area (Å²) in [7, 11) is 3.51. The number of benzene rings is 2. The van der Waals surface area contributed by atoms with E-state index in [-0.39, 0.29) is 11.3 Å². The van der Waals surface area contributed by atoms with Crippen molar-refractivity contribution in [2.24, 2.45) is 7.05 Å². The van der Waals surface area contributed by atoms with Gasteiger partial charge < -0.3 is 15.4 Å². The third kappa shape index (κ3) is 4.87. The van der Waals surface area contributed by atoms with Gasteiger partial charge in [-0.15, -0.1) is 0 Å². The predicted molar refractivity (Wildman–Crippen MR) is 105 cm³/mol. The first-order valence-corrected chi connectivity index (χ1v) is 9.26. The molecule has 3 rings (SSSR count). The molecule has 1 aromatic heterocycles. The highest BCUT2D eigenvalue weighted by Gasteiger charge is 2.58. The molecule has 0 radical (unpaired) electrons. The number of alkyl halides is 5. The summed E-state index contributed by atoms with van der Waals surface area (Å²) in [6.07, 6.45) is -5.75. The number of fused-ring (bicyclic) bond motifs is 1. The number of rotatable bonds is 8. The second-order valence-electron chi connectivity index (χ2n) is 6.87. The highest BCUT2D eigenvalue weighted by molar-refractivity contribution is 5.93. The zero-order chi connectivity index (χ0) is 22.8. The van der Waals surface area contributed by atoms with E-state index < -0.39 is 24.5 Å². The van der Waals surface area contributed by atoms with Crippen LogP contribution in [0.5, 0.6) is 5.75 Å². The van der Waals surface area contributed by atoms with Gasteiger partial charge in [0.1, 0.15) is 11.6 Å². The average molecular weight is 446 g/mol. The molecular weight excluding hydrogens is 426 g/mol. The minimum absolute atomic E-state index is 0.0470. The summed E-state index contributed by atoms with van der Waals surface area (Å²) in [6.45, 7) is -0.578. The molecule has 31 heavy (non-hydrogen) atoms. The summed E-state index contributed by atoms with van der Waals surface area (Å²) < 4.78 is 84.1. The Bertz CT molecular complexity index is 1060. The summed E-state index contributed by atoms with van der Waals surface area (Å²) in [4.78, 5) is 0. The number of hydrogen-bond acceptors (Lipinski definition) is 4. The molecule has 0 atom stereocenters. The Kier molecular flexibility index (Phi) is 6.35. The van der Waals surface area contributed by atoms with E-state index in [0.717, 1.165) is 23.6 Å². The number of likely N-dealkylation sites (N-methyl/N-ethyl adjacent to an activating group) is 1. The maximum atomic E-state index is 13.8. The van der Waals surface area contributed by atoms with E-state index in [1.54, 1.807) is 29.9 Å². The maximum absolute atomic E-state index is 13.8. The van der Waals surface area contributed by atoms with Crippen LogP contribution in [0.1, 0.15) is 0 Å². The first-order chi connectivity index (χ1) is 14.5. The van der Waals surface area contributed by atoms with Gasteiger partial charge in [0, 0.05) is 31.1 Å². The van der Waals surface area contributed by atoms with E-state index in [0.29, 0.717) is 30.0 Å². The summed E-state index contributed by atoms with van der Waals surface area (Å²) in [6, 6.07) is 7.90. The minimum Gasteiger partial charge on any atom is -0.486 e. The topological polar surface area (TPSA) is 51.1 Å². The third-order valence-corrected chi connectivity index (χ3v) is 4.60. The van der Waals surface area contributed by atoms with Gasteiger partial charge in [0.2, 0.25) is 0 Å². The number of aromatic nitrogens is 2. The van der Waals surface area contributed by atoms with Crippen molar-refractivity contribution in [2.75, 3.05) is 32.1 Å². The summed E-state index contributed by atoms with van der Waals surface area (Å²) in [5.41, 5.74) is 1.08. The van der Waals surface area contributed by atoms with E-state index in [4.69, 9.17) is 4.74 Å². The Morgan fingerprint density at radius 1 is 1.03 bits per heavy atom. The number of hydrogen-bond donors (Lipinski definition) is 2. The fourth-order valence-electron chi connectivity index (χ4n) is 2.97. The van der Waals surface area contributed by atoms with Crippen LogP contribution in [0.2, 0.25) is 0 Å². The number of aryl methyl sites for hydroxylation is 1. The first-order valence-electron chi connectivity index (χ1n) is 9.26. The molecule has 0 saturated carbocycles. The van der Waals surface area contributed by atoms with Gasteiger partial charge in [0.25, 0.3) is 0 Å². The van der Waals surface area contributed by atoms with Crippen molar-refractivity contribution in [1.82, 2.24) is 15.1 Å². The Balaban J connectivity index is 1.95. The largest absolute Gasteiger partial charge is 0.486 e. The lowest BCUT2D eigenvalue weighted by atomic mass is 10.0. The molecule has 0 bridgehead atoms. The monoisotopic (exact) mass is 446 g/mol. The van der Waals surface area contributed by atoms with Crippen molar-refractivity contribution < 1.29 is 31.1 Å². The van der Waals surface area contributed by atoms with Crippen molar-refractivity contribution in [1.29, 1.82) is 0 Å². The number of nitrogens with one attached hydrogen (secondary N) is 2. The van der Waals surface area contributed by atoms with Gasteiger partial charge in [-0.2, -0.15) is 27.1 Å². The van der Waals surface area contributed by atoms with Crippen LogP contribution in [-0.4, -0.2) is 48.6 Å². The van der Waals surface area contributed by atoms with Crippen LogP contribution in [0.3, 0.4) is 0 Å². The molecule has 5 nitrogen and oxygen atoms in total. The molecule has 0 unspecified atom stereocenters. The lowest BCUT2D eigenvalue weighted by molar-refractivity contribution is -0.289. The normalized spacial score (nSPS) is 12.4. The van der Waals surface area contributed by atoms with Gasteiger partial charge in [0.05, 0.1) is 5.52 Å². The van der Waals surface area contributed by atoms with Crippen molar-refractivity contribution in [3.05, 3.63) is 42.2 Å². The van der Waals surface area contributed by atoms with Crippen LogP contribution in [-0.2, 0) is 7.05 Å². The van der Waals surface area contributed by atoms with Crippen molar-refractivity contribution in [2.45, 2.75) is 12.1 Å². The van der Waals surface area contributed by atoms with E-state index in [1.165, 1.54) is 0 Å². The van der Waals surface area contributed by atoms with Crippen LogP contribution in [0.4, 0.5) is 32.2 Å². The highest BCUT2D eigenvalue weighted by Crippen LogP contribution is 2.38. The lowest BCUT2D eigenvalue weighted by Gasteiger charge is -2.21. The fourth-order valence-corrected chi connectivity index (χ4v) is 2.97. The molecule has 11 heteroatoms. The van der Waals surface area contributed by atoms with Crippen LogP contribution in [0.25, 0.3) is 22.0 Å². The maximum Gasteiger partial charge on any atom is 0.456 e. The lowest BCUT2D eigenvalue weighted by Crippen LogP contribution is -2.41. The van der Waals surface area contributed by atoms with E-state index in [2.05, 4.69) is 15.7 Å². The Morgan fingerprint density at radius 3 is 2.45 bits per heavy atom.